The van der Waals surface area contributed by atoms with Crippen LogP contribution in [0.15, 0.2) is 12.2 Å². The van der Waals surface area contributed by atoms with Crippen LogP contribution >= 0.6 is 0 Å². The van der Waals surface area contributed by atoms with Crippen molar-refractivity contribution in [3.8, 4) is 0 Å². The summed E-state index contributed by atoms with van der Waals surface area (Å²) in [4.78, 5) is 10.8. The molecular formula is C9H10F6O2. The van der Waals surface area contributed by atoms with E-state index >= 15 is 0 Å². The smallest absolute Gasteiger partial charge is 0.425 e. The summed E-state index contributed by atoms with van der Waals surface area (Å²) in [5.74, 6) is -6.09. The third-order valence-corrected chi connectivity index (χ3v) is 1.77. The number of carbonyl (C=O) groups excluding carboxylic acids is 1. The number of alkyl halides is 6. The Kier molecular flexibility index (Phi) is 5.03. The number of halogens is 6. The Morgan fingerprint density at radius 3 is 2.12 bits per heavy atom. The van der Waals surface area contributed by atoms with Crippen LogP contribution in [0.2, 0.25) is 0 Å². The fourth-order valence-corrected chi connectivity index (χ4v) is 0.721. The first-order valence-electron chi connectivity index (χ1n) is 4.46. The van der Waals surface area contributed by atoms with E-state index in [1.807, 2.05) is 0 Å². The highest BCUT2D eigenvalue weighted by Crippen LogP contribution is 2.35. The van der Waals surface area contributed by atoms with Gasteiger partial charge in [-0.15, -0.1) is 0 Å². The second-order valence-corrected chi connectivity index (χ2v) is 3.20. The Balaban J connectivity index is 4.47. The molecule has 0 amide bonds. The van der Waals surface area contributed by atoms with Gasteiger partial charge < -0.3 is 4.74 Å². The first-order valence-corrected chi connectivity index (χ1v) is 4.46. The third kappa shape index (κ3) is 4.66. The van der Waals surface area contributed by atoms with Gasteiger partial charge in [-0.25, -0.2) is 9.18 Å². The Morgan fingerprint density at radius 1 is 1.29 bits per heavy atom. The summed E-state index contributed by atoms with van der Waals surface area (Å²) in [5, 5.41) is 0. The molecule has 2 nitrogen and oxygen atoms in total. The van der Waals surface area contributed by atoms with Gasteiger partial charge in [0.15, 0.2) is 6.61 Å². The molecule has 0 aromatic rings. The fraction of sp³-hybridized carbons (Fsp3) is 0.667. The Labute approximate surface area is 93.2 Å². The summed E-state index contributed by atoms with van der Waals surface area (Å²) >= 11 is 0. The molecule has 100 valence electrons. The lowest BCUT2D eigenvalue weighted by molar-refractivity contribution is -0.253. The molecule has 0 aromatic heterocycles. The molecule has 1 atom stereocenters. The van der Waals surface area contributed by atoms with Crippen molar-refractivity contribution in [2.45, 2.75) is 31.6 Å². The summed E-state index contributed by atoms with van der Waals surface area (Å²) in [6, 6.07) is 0. The summed E-state index contributed by atoms with van der Waals surface area (Å²) in [6.07, 6.45) is -10.0. The number of esters is 1. The molecule has 0 aliphatic heterocycles. The number of hydrogen-bond acceptors (Lipinski definition) is 2. The van der Waals surface area contributed by atoms with E-state index in [0.717, 1.165) is 0 Å². The highest BCUT2D eigenvalue weighted by atomic mass is 19.4. The zero-order chi connectivity index (χ0) is 13.9. The molecule has 1 unspecified atom stereocenters. The molecule has 0 aromatic carbocycles. The van der Waals surface area contributed by atoms with Crippen molar-refractivity contribution >= 4 is 5.97 Å². The van der Waals surface area contributed by atoms with Gasteiger partial charge >= 0.3 is 18.1 Å². The summed E-state index contributed by atoms with van der Waals surface area (Å²) < 4.78 is 76.5. The van der Waals surface area contributed by atoms with E-state index in [4.69, 9.17) is 0 Å². The minimum Gasteiger partial charge on any atom is -0.456 e. The van der Waals surface area contributed by atoms with Crippen molar-refractivity contribution in [1.29, 1.82) is 0 Å². The quantitative estimate of drug-likeness (QED) is 0.433. The van der Waals surface area contributed by atoms with Gasteiger partial charge in [0.25, 0.3) is 6.17 Å². The molecule has 0 aliphatic carbocycles. The van der Waals surface area contributed by atoms with Crippen LogP contribution in [0.3, 0.4) is 0 Å². The van der Waals surface area contributed by atoms with Crippen molar-refractivity contribution in [2.24, 2.45) is 0 Å². The molecule has 8 heteroatoms. The van der Waals surface area contributed by atoms with Crippen molar-refractivity contribution in [1.82, 2.24) is 0 Å². The average molecular weight is 264 g/mol. The summed E-state index contributed by atoms with van der Waals surface area (Å²) in [5.41, 5.74) is -0.191. The second kappa shape index (κ2) is 5.42. The predicted molar refractivity (Wildman–Crippen MR) is 46.3 cm³/mol. The van der Waals surface area contributed by atoms with E-state index in [-0.39, 0.29) is 12.0 Å². The zero-order valence-corrected chi connectivity index (χ0v) is 8.78. The van der Waals surface area contributed by atoms with Gasteiger partial charge in [0.05, 0.1) is 0 Å². The first kappa shape index (κ1) is 15.8. The first-order chi connectivity index (χ1) is 7.52. The molecule has 0 heterocycles. The van der Waals surface area contributed by atoms with Crippen molar-refractivity contribution in [3.63, 3.8) is 0 Å². The standard InChI is InChI=1S/C9H10F6O2/c1-3-5(2)6(16)17-4-8(11,12)7(10)9(13,14)15/h7H,2-4H2,1H3. The van der Waals surface area contributed by atoms with Gasteiger partial charge in [-0.2, -0.15) is 22.0 Å². The van der Waals surface area contributed by atoms with Gasteiger partial charge in [-0.05, 0) is 6.42 Å². The van der Waals surface area contributed by atoms with Crippen molar-refractivity contribution < 1.29 is 35.9 Å². The van der Waals surface area contributed by atoms with Gasteiger partial charge in [-0.1, -0.05) is 13.5 Å². The molecule has 0 spiro atoms. The molecule has 0 N–H and O–H groups in total. The average Bonchev–Trinajstić information content (AvgIpc) is 2.22. The van der Waals surface area contributed by atoms with Crippen LogP contribution in [0.5, 0.6) is 0 Å². The van der Waals surface area contributed by atoms with Crippen LogP contribution in [-0.4, -0.2) is 30.8 Å². The van der Waals surface area contributed by atoms with Crippen LogP contribution < -0.4 is 0 Å². The lowest BCUT2D eigenvalue weighted by Gasteiger charge is -2.22. The monoisotopic (exact) mass is 264 g/mol. The summed E-state index contributed by atoms with van der Waals surface area (Å²) in [6.45, 7) is 2.62. The van der Waals surface area contributed by atoms with Crippen LogP contribution in [0.4, 0.5) is 26.3 Å². The van der Waals surface area contributed by atoms with Gasteiger partial charge in [0.1, 0.15) is 0 Å². The van der Waals surface area contributed by atoms with E-state index in [0.29, 0.717) is 0 Å². The van der Waals surface area contributed by atoms with Crippen molar-refractivity contribution in [2.75, 3.05) is 6.61 Å². The molecule has 0 bridgehead atoms. The lowest BCUT2D eigenvalue weighted by Crippen LogP contribution is -2.45. The van der Waals surface area contributed by atoms with E-state index in [1.54, 1.807) is 0 Å². The van der Waals surface area contributed by atoms with Gasteiger partial charge in [-0.3, -0.25) is 0 Å². The highest BCUT2D eigenvalue weighted by Gasteiger charge is 2.57. The largest absolute Gasteiger partial charge is 0.456 e. The maximum absolute atomic E-state index is 12.6. The maximum atomic E-state index is 12.6. The van der Waals surface area contributed by atoms with Crippen LogP contribution in [-0.2, 0) is 9.53 Å². The maximum Gasteiger partial charge on any atom is 0.425 e. The predicted octanol–water partition coefficient (Wildman–Crippen LogP) is 3.03. The molecule has 0 radical (unpaired) electrons. The van der Waals surface area contributed by atoms with E-state index in [1.165, 1.54) is 6.92 Å². The minimum atomic E-state index is -5.71. The zero-order valence-electron chi connectivity index (χ0n) is 8.78. The van der Waals surface area contributed by atoms with E-state index in [2.05, 4.69) is 11.3 Å². The summed E-state index contributed by atoms with van der Waals surface area (Å²) in [7, 11) is 0. The molecule has 0 fully saturated rings. The molecule has 0 saturated heterocycles. The van der Waals surface area contributed by atoms with Crippen LogP contribution in [0.1, 0.15) is 13.3 Å². The molecule has 0 rings (SSSR count). The van der Waals surface area contributed by atoms with Gasteiger partial charge in [0, 0.05) is 5.57 Å². The molecule has 0 saturated carbocycles. The van der Waals surface area contributed by atoms with Crippen LogP contribution in [0, 0.1) is 0 Å². The Bertz CT molecular complexity index is 296. The minimum absolute atomic E-state index is 0.0860. The number of ether oxygens (including phenoxy) is 1. The molecular weight excluding hydrogens is 254 g/mol. The van der Waals surface area contributed by atoms with E-state index in [9.17, 15) is 31.1 Å². The number of hydrogen-bond donors (Lipinski definition) is 0. The third-order valence-electron chi connectivity index (χ3n) is 1.77. The topological polar surface area (TPSA) is 26.3 Å². The number of rotatable bonds is 5. The van der Waals surface area contributed by atoms with Crippen molar-refractivity contribution in [3.05, 3.63) is 12.2 Å². The Hall–Kier alpha value is -1.21. The lowest BCUT2D eigenvalue weighted by atomic mass is 10.2. The Morgan fingerprint density at radius 2 is 1.76 bits per heavy atom. The SMILES string of the molecule is C=C(CC)C(=O)OCC(F)(F)C(F)C(F)(F)F. The van der Waals surface area contributed by atoms with E-state index < -0.39 is 30.8 Å². The molecule has 17 heavy (non-hydrogen) atoms. The van der Waals surface area contributed by atoms with Gasteiger partial charge in [0.2, 0.25) is 0 Å². The fourth-order valence-electron chi connectivity index (χ4n) is 0.721. The van der Waals surface area contributed by atoms with Crippen LogP contribution in [0.25, 0.3) is 0 Å². The number of carbonyl (C=O) groups is 1. The normalized spacial score (nSPS) is 14.3. The molecule has 0 aliphatic rings. The highest BCUT2D eigenvalue weighted by molar-refractivity contribution is 5.87. The second-order valence-electron chi connectivity index (χ2n) is 3.20.